The molecule has 1 heterocycles. The van der Waals surface area contributed by atoms with Crippen LogP contribution < -0.4 is 0 Å². The molecular formula is C17H13BrCl2N2O2. The third kappa shape index (κ3) is 3.29. The number of carbonyl (C=O) groups is 1. The monoisotopic (exact) mass is 426 g/mol. The van der Waals surface area contributed by atoms with Crippen molar-refractivity contribution >= 4 is 50.8 Å². The number of rotatable bonds is 2. The summed E-state index contributed by atoms with van der Waals surface area (Å²) in [5.74, 6) is -0.299. The second-order valence-electron chi connectivity index (χ2n) is 5.46. The number of phenols is 1. The van der Waals surface area contributed by atoms with Gasteiger partial charge in [-0.25, -0.2) is 5.01 Å². The van der Waals surface area contributed by atoms with E-state index in [0.29, 0.717) is 17.0 Å². The van der Waals surface area contributed by atoms with Gasteiger partial charge >= 0.3 is 0 Å². The van der Waals surface area contributed by atoms with Gasteiger partial charge < -0.3 is 5.11 Å². The van der Waals surface area contributed by atoms with Crippen molar-refractivity contribution in [2.75, 3.05) is 0 Å². The smallest absolute Gasteiger partial charge is 0.240 e. The first kappa shape index (κ1) is 17.3. The van der Waals surface area contributed by atoms with Crippen LogP contribution >= 0.6 is 39.1 Å². The number of benzene rings is 2. The van der Waals surface area contributed by atoms with Crippen LogP contribution in [0.25, 0.3) is 0 Å². The molecule has 0 saturated carbocycles. The van der Waals surface area contributed by atoms with Gasteiger partial charge in [0.2, 0.25) is 5.91 Å². The van der Waals surface area contributed by atoms with Gasteiger partial charge in [-0.3, -0.25) is 4.79 Å². The summed E-state index contributed by atoms with van der Waals surface area (Å²) >= 11 is 15.5. The van der Waals surface area contributed by atoms with E-state index in [1.165, 1.54) is 18.0 Å². The summed E-state index contributed by atoms with van der Waals surface area (Å²) in [4.78, 5) is 12.0. The highest BCUT2D eigenvalue weighted by atomic mass is 79.9. The van der Waals surface area contributed by atoms with E-state index in [-0.39, 0.29) is 16.7 Å². The first-order valence-corrected chi connectivity index (χ1v) is 8.73. The molecule has 1 atom stereocenters. The predicted octanol–water partition coefficient (Wildman–Crippen LogP) is 5.16. The lowest BCUT2D eigenvalue weighted by Crippen LogP contribution is -2.24. The van der Waals surface area contributed by atoms with Crippen LogP contribution in [0.4, 0.5) is 0 Å². The van der Waals surface area contributed by atoms with Gasteiger partial charge in [-0.05, 0) is 29.8 Å². The van der Waals surface area contributed by atoms with Crippen LogP contribution in [-0.2, 0) is 4.79 Å². The number of halogens is 3. The van der Waals surface area contributed by atoms with Gasteiger partial charge in [0.15, 0.2) is 0 Å². The van der Waals surface area contributed by atoms with E-state index in [1.54, 1.807) is 6.07 Å². The Morgan fingerprint density at radius 2 is 1.96 bits per heavy atom. The molecule has 1 aliphatic rings. The Labute approximate surface area is 157 Å². The summed E-state index contributed by atoms with van der Waals surface area (Å²) in [7, 11) is 0. The van der Waals surface area contributed by atoms with E-state index in [0.717, 1.165) is 15.7 Å². The molecule has 124 valence electrons. The highest BCUT2D eigenvalue weighted by Gasteiger charge is 2.33. The van der Waals surface area contributed by atoms with E-state index in [1.807, 2.05) is 24.3 Å². The quantitative estimate of drug-likeness (QED) is 0.719. The molecule has 1 amide bonds. The first-order chi connectivity index (χ1) is 11.4. The summed E-state index contributed by atoms with van der Waals surface area (Å²) in [6, 6.07) is 10.3. The minimum Gasteiger partial charge on any atom is -0.506 e. The van der Waals surface area contributed by atoms with Crippen LogP contribution in [0.3, 0.4) is 0 Å². The van der Waals surface area contributed by atoms with Crippen molar-refractivity contribution in [2.24, 2.45) is 5.10 Å². The third-order valence-electron chi connectivity index (χ3n) is 3.83. The zero-order valence-electron chi connectivity index (χ0n) is 12.6. The fourth-order valence-corrected chi connectivity index (χ4v) is 3.47. The summed E-state index contributed by atoms with van der Waals surface area (Å²) in [5, 5.41) is 16.6. The summed E-state index contributed by atoms with van der Waals surface area (Å²) in [6.07, 6.45) is 0.464. The molecule has 0 aromatic heterocycles. The maximum absolute atomic E-state index is 12.0. The Bertz CT molecular complexity index is 837. The molecule has 0 radical (unpaired) electrons. The van der Waals surface area contributed by atoms with E-state index in [4.69, 9.17) is 23.2 Å². The van der Waals surface area contributed by atoms with Crippen LogP contribution in [0.1, 0.15) is 30.5 Å². The lowest BCUT2D eigenvalue weighted by Gasteiger charge is -2.22. The molecule has 0 aliphatic carbocycles. The van der Waals surface area contributed by atoms with Crippen molar-refractivity contribution in [2.45, 2.75) is 19.4 Å². The lowest BCUT2D eigenvalue weighted by molar-refractivity contribution is -0.130. The van der Waals surface area contributed by atoms with E-state index in [9.17, 15) is 9.90 Å². The molecule has 2 aromatic rings. The maximum atomic E-state index is 12.0. The number of carbonyl (C=O) groups excluding carboxylic acids is 1. The largest absolute Gasteiger partial charge is 0.506 e. The van der Waals surface area contributed by atoms with Crippen molar-refractivity contribution in [1.82, 2.24) is 5.01 Å². The van der Waals surface area contributed by atoms with E-state index in [2.05, 4.69) is 21.0 Å². The molecule has 1 N–H and O–H groups in total. The Morgan fingerprint density at radius 1 is 1.29 bits per heavy atom. The number of hydrazone groups is 1. The number of nitrogens with zero attached hydrogens (tertiary/aromatic N) is 2. The number of hydrogen-bond acceptors (Lipinski definition) is 3. The minimum absolute atomic E-state index is 0.0791. The Kier molecular flexibility index (Phi) is 4.85. The maximum Gasteiger partial charge on any atom is 0.240 e. The lowest BCUT2D eigenvalue weighted by atomic mass is 9.97. The number of hydrogen-bond donors (Lipinski definition) is 1. The topological polar surface area (TPSA) is 52.9 Å². The zero-order chi connectivity index (χ0) is 17.4. The molecule has 0 spiro atoms. The second kappa shape index (κ2) is 6.75. The normalized spacial score (nSPS) is 17.1. The Hall–Kier alpha value is -1.56. The number of amides is 1. The van der Waals surface area contributed by atoms with Gasteiger partial charge in [0.1, 0.15) is 5.75 Å². The predicted molar refractivity (Wildman–Crippen MR) is 98.7 cm³/mol. The van der Waals surface area contributed by atoms with E-state index >= 15 is 0 Å². The van der Waals surface area contributed by atoms with Gasteiger partial charge in [-0.2, -0.15) is 5.10 Å². The van der Waals surface area contributed by atoms with E-state index < -0.39 is 6.04 Å². The highest BCUT2D eigenvalue weighted by molar-refractivity contribution is 9.10. The molecule has 2 aromatic carbocycles. The fraction of sp³-hybridized carbons (Fsp3) is 0.176. The standard InChI is InChI=1S/C17H13BrCl2N2O2/c1-9(23)22-16(13-6-12(19)7-14(20)17(13)24)8-15(21-22)10-2-4-11(18)5-3-10/h2-7,16,24H,8H2,1H3. The average Bonchev–Trinajstić information content (AvgIpc) is 2.97. The van der Waals surface area contributed by atoms with Crippen LogP contribution in [-0.4, -0.2) is 21.7 Å². The molecule has 0 saturated heterocycles. The van der Waals surface area contributed by atoms with Gasteiger partial charge in [-0.15, -0.1) is 0 Å². The van der Waals surface area contributed by atoms with Crippen LogP contribution in [0.15, 0.2) is 46.0 Å². The van der Waals surface area contributed by atoms with Crippen molar-refractivity contribution in [3.63, 3.8) is 0 Å². The molecule has 1 unspecified atom stereocenters. The molecule has 24 heavy (non-hydrogen) atoms. The number of aromatic hydroxyl groups is 1. The molecule has 3 rings (SSSR count). The SMILES string of the molecule is CC(=O)N1N=C(c2ccc(Br)cc2)CC1c1cc(Cl)cc(Cl)c1O. The fourth-order valence-electron chi connectivity index (χ4n) is 2.70. The summed E-state index contributed by atoms with van der Waals surface area (Å²) in [6.45, 7) is 1.43. The minimum atomic E-state index is -0.447. The summed E-state index contributed by atoms with van der Waals surface area (Å²) < 4.78 is 0.962. The Balaban J connectivity index is 2.01. The first-order valence-electron chi connectivity index (χ1n) is 7.18. The van der Waals surface area contributed by atoms with Crippen LogP contribution in [0.2, 0.25) is 10.0 Å². The average molecular weight is 428 g/mol. The van der Waals surface area contributed by atoms with Crippen molar-refractivity contribution in [1.29, 1.82) is 0 Å². The van der Waals surface area contributed by atoms with Gasteiger partial charge in [0.05, 0.1) is 16.8 Å². The van der Waals surface area contributed by atoms with Crippen molar-refractivity contribution in [3.05, 3.63) is 62.0 Å². The molecule has 0 fully saturated rings. The third-order valence-corrected chi connectivity index (χ3v) is 4.86. The molecular weight excluding hydrogens is 415 g/mol. The van der Waals surface area contributed by atoms with Crippen LogP contribution in [0, 0.1) is 0 Å². The molecule has 0 bridgehead atoms. The molecule has 7 heteroatoms. The highest BCUT2D eigenvalue weighted by Crippen LogP contribution is 2.41. The van der Waals surface area contributed by atoms with Crippen LogP contribution in [0.5, 0.6) is 5.75 Å². The van der Waals surface area contributed by atoms with Gasteiger partial charge in [0, 0.05) is 28.4 Å². The molecule has 1 aliphatic heterocycles. The Morgan fingerprint density at radius 3 is 2.58 bits per heavy atom. The van der Waals surface area contributed by atoms with Crippen molar-refractivity contribution < 1.29 is 9.90 Å². The number of phenolic OH excluding ortho intramolecular Hbond substituents is 1. The molecule has 4 nitrogen and oxygen atoms in total. The van der Waals surface area contributed by atoms with Gasteiger partial charge in [0.25, 0.3) is 0 Å². The zero-order valence-corrected chi connectivity index (χ0v) is 15.7. The van der Waals surface area contributed by atoms with Gasteiger partial charge in [-0.1, -0.05) is 51.3 Å². The van der Waals surface area contributed by atoms with Crippen molar-refractivity contribution in [3.8, 4) is 5.75 Å². The second-order valence-corrected chi connectivity index (χ2v) is 7.22. The summed E-state index contributed by atoms with van der Waals surface area (Å²) in [5.41, 5.74) is 2.16.